The number of nitrogen functional groups attached to an aromatic ring is 1. The first kappa shape index (κ1) is 20.7. The summed E-state index contributed by atoms with van der Waals surface area (Å²) in [5.41, 5.74) is 10.8. The lowest BCUT2D eigenvalue weighted by Crippen LogP contribution is -2.11. The second kappa shape index (κ2) is 7.86. The van der Waals surface area contributed by atoms with E-state index in [0.29, 0.717) is 46.2 Å². The number of rotatable bonds is 2. The van der Waals surface area contributed by atoms with Gasteiger partial charge in [-0.3, -0.25) is 4.98 Å². The van der Waals surface area contributed by atoms with E-state index in [2.05, 4.69) is 20.3 Å². The van der Waals surface area contributed by atoms with Gasteiger partial charge in [0.15, 0.2) is 11.6 Å². The lowest BCUT2D eigenvalue weighted by atomic mass is 9.94. The normalized spacial score (nSPS) is 17.0. The fourth-order valence-corrected chi connectivity index (χ4v) is 4.51. The molecule has 1 aromatic carbocycles. The molecule has 172 valence electrons. The van der Waals surface area contributed by atoms with Crippen LogP contribution in [0.3, 0.4) is 0 Å². The van der Waals surface area contributed by atoms with Crippen LogP contribution in [0.5, 0.6) is 5.75 Å². The zero-order chi connectivity index (χ0) is 23.4. The van der Waals surface area contributed by atoms with Gasteiger partial charge in [-0.15, -0.1) is 5.10 Å². The molecule has 0 amide bonds. The highest BCUT2D eigenvalue weighted by molar-refractivity contribution is 5.71. The molecule has 0 radical (unpaired) electrons. The monoisotopic (exact) mass is 460 g/mol. The zero-order valence-corrected chi connectivity index (χ0v) is 18.5. The first-order chi connectivity index (χ1) is 16.5. The first-order valence-electron chi connectivity index (χ1n) is 11.3. The third-order valence-corrected chi connectivity index (χ3v) is 6.39. The van der Waals surface area contributed by atoms with E-state index in [0.717, 1.165) is 30.6 Å². The van der Waals surface area contributed by atoms with Gasteiger partial charge in [-0.1, -0.05) is 5.21 Å². The summed E-state index contributed by atoms with van der Waals surface area (Å²) in [4.78, 5) is 8.74. The summed E-state index contributed by atoms with van der Waals surface area (Å²) in [6.07, 6.45) is 4.88. The molecule has 1 aliphatic heterocycles. The molecule has 0 saturated heterocycles. The topological polar surface area (TPSA) is 91.7 Å². The molecule has 1 saturated carbocycles. The van der Waals surface area contributed by atoms with Gasteiger partial charge in [0.05, 0.1) is 23.3 Å². The van der Waals surface area contributed by atoms with Crippen LogP contribution in [0, 0.1) is 17.6 Å². The summed E-state index contributed by atoms with van der Waals surface area (Å²) < 4.78 is 36.7. The number of halogens is 2. The van der Waals surface area contributed by atoms with Gasteiger partial charge in [0.25, 0.3) is 0 Å². The molecule has 4 aromatic rings. The average molecular weight is 460 g/mol. The van der Waals surface area contributed by atoms with Crippen molar-refractivity contribution in [3.63, 3.8) is 0 Å². The molecule has 2 bridgehead atoms. The van der Waals surface area contributed by atoms with Gasteiger partial charge in [0.1, 0.15) is 17.7 Å². The highest BCUT2D eigenvalue weighted by Crippen LogP contribution is 2.39. The molecule has 34 heavy (non-hydrogen) atoms. The standard InChI is InChI=1S/C25H22F2N6O/c1-13-20-9-17(26)4-5-19(20)23-15(6-18(27)11-29-23)7-21-24(33(32-31-21)12-14-2-3-14)16-8-22(34-13)25(28)30-10-16/h4-6,8-11,13-14H,2-3,7,12H2,1H3,(H2,28,30)/t13-/m1/s1. The van der Waals surface area contributed by atoms with Crippen molar-refractivity contribution in [1.82, 2.24) is 25.0 Å². The minimum absolute atomic E-state index is 0.231. The van der Waals surface area contributed by atoms with Crippen LogP contribution in [0.25, 0.3) is 22.5 Å². The summed E-state index contributed by atoms with van der Waals surface area (Å²) in [5, 5.41) is 8.87. The fourth-order valence-electron chi connectivity index (χ4n) is 4.51. The lowest BCUT2D eigenvalue weighted by molar-refractivity contribution is 0.227. The Balaban J connectivity index is 1.61. The molecule has 6 rings (SSSR count). The highest BCUT2D eigenvalue weighted by Gasteiger charge is 2.28. The average Bonchev–Trinajstić information content (AvgIpc) is 3.54. The van der Waals surface area contributed by atoms with Crippen LogP contribution in [0.1, 0.15) is 42.7 Å². The van der Waals surface area contributed by atoms with Crippen molar-refractivity contribution in [3.8, 4) is 28.3 Å². The van der Waals surface area contributed by atoms with E-state index in [1.165, 1.54) is 24.4 Å². The molecule has 1 aliphatic carbocycles. The van der Waals surface area contributed by atoms with Gasteiger partial charge in [-0.2, -0.15) is 0 Å². The predicted octanol–water partition coefficient (Wildman–Crippen LogP) is 4.72. The largest absolute Gasteiger partial charge is 0.482 e. The number of ether oxygens (including phenoxy) is 1. The van der Waals surface area contributed by atoms with Crippen LogP contribution in [0.2, 0.25) is 0 Å². The summed E-state index contributed by atoms with van der Waals surface area (Å²) in [6, 6.07) is 7.67. The Labute approximate surface area is 194 Å². The van der Waals surface area contributed by atoms with Crippen molar-refractivity contribution in [2.24, 2.45) is 5.92 Å². The minimum atomic E-state index is -0.571. The molecular formula is C25H22F2N6O. The number of fused-ring (bicyclic) bond motifs is 7. The van der Waals surface area contributed by atoms with Crippen molar-refractivity contribution in [3.05, 3.63) is 71.2 Å². The molecular weight excluding hydrogens is 438 g/mol. The van der Waals surface area contributed by atoms with E-state index in [4.69, 9.17) is 10.5 Å². The van der Waals surface area contributed by atoms with Crippen molar-refractivity contribution in [2.45, 2.75) is 38.8 Å². The number of hydrogen-bond donors (Lipinski definition) is 1. The minimum Gasteiger partial charge on any atom is -0.482 e. The van der Waals surface area contributed by atoms with E-state index in [-0.39, 0.29) is 5.82 Å². The Bertz CT molecular complexity index is 1410. The Morgan fingerprint density at radius 1 is 1.09 bits per heavy atom. The Kier molecular flexibility index (Phi) is 4.79. The number of aromatic nitrogens is 5. The van der Waals surface area contributed by atoms with Gasteiger partial charge in [-0.05, 0) is 61.6 Å². The van der Waals surface area contributed by atoms with Crippen LogP contribution < -0.4 is 10.5 Å². The van der Waals surface area contributed by atoms with Crippen LogP contribution in [-0.4, -0.2) is 25.0 Å². The van der Waals surface area contributed by atoms with Crippen molar-refractivity contribution in [1.29, 1.82) is 0 Å². The van der Waals surface area contributed by atoms with Gasteiger partial charge in [0.2, 0.25) is 0 Å². The van der Waals surface area contributed by atoms with Crippen LogP contribution >= 0.6 is 0 Å². The zero-order valence-electron chi connectivity index (χ0n) is 18.5. The lowest BCUT2D eigenvalue weighted by Gasteiger charge is -2.21. The van der Waals surface area contributed by atoms with Crippen molar-refractivity contribution >= 4 is 5.82 Å². The molecule has 2 aliphatic rings. The second-order valence-electron chi connectivity index (χ2n) is 8.95. The van der Waals surface area contributed by atoms with Crippen LogP contribution in [-0.2, 0) is 13.0 Å². The van der Waals surface area contributed by atoms with E-state index in [1.54, 1.807) is 12.3 Å². The summed E-state index contributed by atoms with van der Waals surface area (Å²) >= 11 is 0. The van der Waals surface area contributed by atoms with Gasteiger partial charge < -0.3 is 10.5 Å². The number of benzene rings is 1. The number of nitrogens with two attached hydrogens (primary N) is 1. The quantitative estimate of drug-likeness (QED) is 0.466. The summed E-state index contributed by atoms with van der Waals surface area (Å²) in [7, 11) is 0. The molecule has 1 fully saturated rings. The van der Waals surface area contributed by atoms with E-state index < -0.39 is 17.7 Å². The molecule has 9 heteroatoms. The third-order valence-electron chi connectivity index (χ3n) is 6.39. The van der Waals surface area contributed by atoms with Crippen LogP contribution in [0.4, 0.5) is 14.6 Å². The fraction of sp³-hybridized carbons (Fsp3) is 0.280. The van der Waals surface area contributed by atoms with Gasteiger partial charge >= 0.3 is 0 Å². The maximum atomic E-state index is 14.3. The molecule has 4 heterocycles. The van der Waals surface area contributed by atoms with Crippen LogP contribution in [0.15, 0.2) is 42.7 Å². The summed E-state index contributed by atoms with van der Waals surface area (Å²) in [5.74, 6) is 0.322. The number of pyridine rings is 2. The molecule has 2 N–H and O–H groups in total. The predicted molar refractivity (Wildman–Crippen MR) is 122 cm³/mol. The molecule has 3 aromatic heterocycles. The Morgan fingerprint density at radius 2 is 1.94 bits per heavy atom. The molecule has 7 nitrogen and oxygen atoms in total. The maximum Gasteiger partial charge on any atom is 0.166 e. The Morgan fingerprint density at radius 3 is 2.76 bits per heavy atom. The van der Waals surface area contributed by atoms with E-state index in [9.17, 15) is 8.78 Å². The number of nitrogens with zero attached hydrogens (tertiary/aromatic N) is 5. The van der Waals surface area contributed by atoms with E-state index in [1.807, 2.05) is 17.7 Å². The maximum absolute atomic E-state index is 14.3. The Hall–Kier alpha value is -3.88. The van der Waals surface area contributed by atoms with E-state index >= 15 is 0 Å². The third kappa shape index (κ3) is 3.67. The van der Waals surface area contributed by atoms with Crippen molar-refractivity contribution in [2.75, 3.05) is 5.73 Å². The first-order valence-corrected chi connectivity index (χ1v) is 11.3. The van der Waals surface area contributed by atoms with Gasteiger partial charge in [-0.25, -0.2) is 18.4 Å². The number of anilines is 1. The smallest absolute Gasteiger partial charge is 0.166 e. The second-order valence-corrected chi connectivity index (χ2v) is 8.95. The number of hydrogen-bond acceptors (Lipinski definition) is 6. The SMILES string of the molecule is C[C@H]1Oc2cc(cnc2N)-c2c(nnn2CC2CC2)Cc2cc(F)cnc2-c2ccc(F)cc21. The van der Waals surface area contributed by atoms with Gasteiger partial charge in [0, 0.05) is 35.9 Å². The highest BCUT2D eigenvalue weighted by atomic mass is 19.1. The molecule has 1 atom stereocenters. The van der Waals surface area contributed by atoms with Crippen molar-refractivity contribution < 1.29 is 13.5 Å². The molecule has 0 spiro atoms. The molecule has 0 unspecified atom stereocenters. The summed E-state index contributed by atoms with van der Waals surface area (Å²) in [6.45, 7) is 2.55.